The summed E-state index contributed by atoms with van der Waals surface area (Å²) in [5.74, 6) is -0.259. The number of carbonyl (C=O) groups is 1. The first-order valence-corrected chi connectivity index (χ1v) is 7.61. The summed E-state index contributed by atoms with van der Waals surface area (Å²) in [5, 5.41) is 10.6. The lowest BCUT2D eigenvalue weighted by atomic mass is 10.1. The maximum Gasteiger partial charge on any atom is 0.441 e. The van der Waals surface area contributed by atoms with Crippen LogP contribution in [0.4, 0.5) is 13.2 Å². The molecular weight excluding hydrogens is 361 g/mol. The standard InChI is InChI=1S/C14H7F3N4O3S/c15-14(16,17)12-20-21-10(18)7(11(22)19-13(21)25-12)3-6-1-2-8-9(4-6)24-5-23-8/h1-4,18H,5H2/b7-3-,18-10?. The van der Waals surface area contributed by atoms with Gasteiger partial charge in [-0.15, -0.1) is 0 Å². The molecule has 3 aliphatic rings. The van der Waals surface area contributed by atoms with Gasteiger partial charge < -0.3 is 9.47 Å². The number of benzene rings is 1. The molecule has 3 aliphatic heterocycles. The van der Waals surface area contributed by atoms with Crippen LogP contribution in [0.15, 0.2) is 33.9 Å². The average Bonchev–Trinajstić information content (AvgIpc) is 3.16. The number of aliphatic imine (C=N–C) groups is 1. The zero-order valence-corrected chi connectivity index (χ0v) is 12.9. The molecule has 128 valence electrons. The van der Waals surface area contributed by atoms with Crippen LogP contribution in [0.3, 0.4) is 0 Å². The van der Waals surface area contributed by atoms with Gasteiger partial charge in [0.1, 0.15) is 0 Å². The highest BCUT2D eigenvalue weighted by Crippen LogP contribution is 2.36. The molecule has 0 bridgehead atoms. The van der Waals surface area contributed by atoms with Crippen molar-refractivity contribution in [3.8, 4) is 11.5 Å². The smallest absolute Gasteiger partial charge is 0.441 e. The molecular formula is C14H7F3N4O3S. The molecule has 1 amide bonds. The van der Waals surface area contributed by atoms with E-state index in [1.807, 2.05) is 0 Å². The second-order valence-corrected chi connectivity index (χ2v) is 5.99. The Labute approximate surface area is 142 Å². The Balaban J connectivity index is 1.69. The zero-order chi connectivity index (χ0) is 17.8. The lowest BCUT2D eigenvalue weighted by Crippen LogP contribution is -2.35. The molecule has 1 N–H and O–H groups in total. The molecule has 3 heterocycles. The second-order valence-electron chi connectivity index (χ2n) is 5.04. The number of halogens is 3. The molecule has 7 nitrogen and oxygen atoms in total. The van der Waals surface area contributed by atoms with Crippen LogP contribution in [0.25, 0.3) is 6.08 Å². The molecule has 11 heteroatoms. The minimum Gasteiger partial charge on any atom is -0.454 e. The number of rotatable bonds is 1. The van der Waals surface area contributed by atoms with Gasteiger partial charge in [0, 0.05) is 0 Å². The zero-order valence-electron chi connectivity index (χ0n) is 12.1. The largest absolute Gasteiger partial charge is 0.454 e. The third kappa shape index (κ3) is 2.65. The molecule has 0 radical (unpaired) electrons. The van der Waals surface area contributed by atoms with Crippen molar-refractivity contribution in [3.63, 3.8) is 0 Å². The molecule has 1 aromatic carbocycles. The molecule has 0 fully saturated rings. The van der Waals surface area contributed by atoms with Crippen molar-refractivity contribution in [2.45, 2.75) is 6.18 Å². The van der Waals surface area contributed by atoms with E-state index >= 15 is 0 Å². The minimum absolute atomic E-state index is 0.0810. The first kappa shape index (κ1) is 15.7. The van der Waals surface area contributed by atoms with Crippen LogP contribution in [0.5, 0.6) is 11.5 Å². The van der Waals surface area contributed by atoms with Crippen molar-refractivity contribution in [1.29, 1.82) is 5.41 Å². The molecule has 0 atom stereocenters. The number of amidine groups is 2. The number of thioether (sulfide) groups is 1. The fourth-order valence-electron chi connectivity index (χ4n) is 2.28. The number of nitrogens with zero attached hydrogens (tertiary/aromatic N) is 3. The number of hydrogen-bond acceptors (Lipinski definition) is 6. The van der Waals surface area contributed by atoms with Crippen LogP contribution in [-0.4, -0.2) is 39.9 Å². The van der Waals surface area contributed by atoms with Crippen molar-refractivity contribution in [3.05, 3.63) is 29.3 Å². The fourth-order valence-corrected chi connectivity index (χ4v) is 3.03. The summed E-state index contributed by atoms with van der Waals surface area (Å²) in [7, 11) is 0. The molecule has 25 heavy (non-hydrogen) atoms. The van der Waals surface area contributed by atoms with E-state index in [2.05, 4.69) is 10.1 Å². The molecule has 0 saturated heterocycles. The summed E-state index contributed by atoms with van der Waals surface area (Å²) in [6, 6.07) is 4.85. The quantitative estimate of drug-likeness (QED) is 0.770. The van der Waals surface area contributed by atoms with Gasteiger partial charge in [-0.25, -0.2) is 0 Å². The highest BCUT2D eigenvalue weighted by atomic mass is 32.2. The van der Waals surface area contributed by atoms with Crippen molar-refractivity contribution in [2.75, 3.05) is 6.79 Å². The molecule has 0 saturated carbocycles. The Morgan fingerprint density at radius 3 is 2.80 bits per heavy atom. The van der Waals surface area contributed by atoms with Gasteiger partial charge >= 0.3 is 6.18 Å². The van der Waals surface area contributed by atoms with Crippen LogP contribution in [0.1, 0.15) is 5.56 Å². The normalized spacial score (nSPS) is 20.8. The maximum absolute atomic E-state index is 12.8. The maximum atomic E-state index is 12.8. The molecule has 0 aliphatic carbocycles. The number of carbonyl (C=O) groups excluding carboxylic acids is 1. The van der Waals surface area contributed by atoms with Crippen molar-refractivity contribution >= 4 is 39.8 Å². The van der Waals surface area contributed by atoms with E-state index in [1.165, 1.54) is 6.08 Å². The van der Waals surface area contributed by atoms with Crippen molar-refractivity contribution < 1.29 is 27.4 Å². The van der Waals surface area contributed by atoms with Gasteiger partial charge in [-0.2, -0.15) is 28.3 Å². The summed E-state index contributed by atoms with van der Waals surface area (Å²) >= 11 is 0.209. The lowest BCUT2D eigenvalue weighted by Gasteiger charge is -2.20. The third-order valence-corrected chi connectivity index (χ3v) is 4.36. The summed E-state index contributed by atoms with van der Waals surface area (Å²) < 4.78 is 48.7. The number of ether oxygens (including phenoxy) is 2. The van der Waals surface area contributed by atoms with E-state index in [1.54, 1.807) is 18.2 Å². The number of alkyl halides is 3. The van der Waals surface area contributed by atoms with Crippen LogP contribution < -0.4 is 9.47 Å². The van der Waals surface area contributed by atoms with Crippen LogP contribution in [0.2, 0.25) is 0 Å². The Morgan fingerprint density at radius 2 is 2.04 bits per heavy atom. The van der Waals surface area contributed by atoms with E-state index in [-0.39, 0.29) is 29.3 Å². The molecule has 0 spiro atoms. The van der Waals surface area contributed by atoms with Gasteiger partial charge in [-0.1, -0.05) is 6.07 Å². The summed E-state index contributed by atoms with van der Waals surface area (Å²) in [6.45, 7) is 0.0810. The number of hydrazone groups is 1. The van der Waals surface area contributed by atoms with Gasteiger partial charge in [-0.05, 0) is 35.5 Å². The number of nitrogens with one attached hydrogen (secondary N) is 1. The first-order valence-electron chi connectivity index (χ1n) is 6.80. The van der Waals surface area contributed by atoms with Gasteiger partial charge in [0.25, 0.3) is 5.91 Å². The van der Waals surface area contributed by atoms with Gasteiger partial charge in [-0.3, -0.25) is 10.2 Å². The van der Waals surface area contributed by atoms with E-state index in [0.717, 1.165) is 0 Å². The topological polar surface area (TPSA) is 87.3 Å². The Kier molecular flexibility index (Phi) is 3.35. The minimum atomic E-state index is -4.67. The Hall–Kier alpha value is -2.82. The molecule has 4 rings (SSSR count). The highest BCUT2D eigenvalue weighted by molar-refractivity contribution is 8.27. The summed E-state index contributed by atoms with van der Waals surface area (Å²) in [5.41, 5.74) is 0.346. The fraction of sp³-hybridized carbons (Fsp3) is 0.143. The monoisotopic (exact) mass is 368 g/mol. The van der Waals surface area contributed by atoms with E-state index in [4.69, 9.17) is 14.9 Å². The Morgan fingerprint density at radius 1 is 1.28 bits per heavy atom. The highest BCUT2D eigenvalue weighted by Gasteiger charge is 2.46. The Bertz CT molecular complexity index is 907. The second kappa shape index (κ2) is 5.34. The van der Waals surface area contributed by atoms with Gasteiger partial charge in [0.05, 0.1) is 5.57 Å². The van der Waals surface area contributed by atoms with Crippen molar-refractivity contribution in [2.24, 2.45) is 10.1 Å². The first-order chi connectivity index (χ1) is 11.8. The molecule has 1 aromatic rings. The molecule has 0 unspecified atom stereocenters. The predicted octanol–water partition coefficient (Wildman–Crippen LogP) is 2.60. The molecule has 0 aromatic heterocycles. The number of hydrogen-bond donors (Lipinski definition) is 1. The summed E-state index contributed by atoms with van der Waals surface area (Å²) in [6.07, 6.45) is -3.33. The van der Waals surface area contributed by atoms with Crippen molar-refractivity contribution in [1.82, 2.24) is 5.01 Å². The lowest BCUT2D eigenvalue weighted by molar-refractivity contribution is -0.114. The van der Waals surface area contributed by atoms with Gasteiger partial charge in [0.15, 0.2) is 17.3 Å². The van der Waals surface area contributed by atoms with E-state index < -0.39 is 23.0 Å². The van der Waals surface area contributed by atoms with E-state index in [0.29, 0.717) is 22.1 Å². The summed E-state index contributed by atoms with van der Waals surface area (Å²) in [4.78, 5) is 15.7. The van der Waals surface area contributed by atoms with E-state index in [9.17, 15) is 18.0 Å². The average molecular weight is 368 g/mol. The SMILES string of the molecule is N=C1/C(=C/c2ccc3c(c2)OCO3)C(=O)N=C2SC(C(F)(F)F)=NN12. The van der Waals surface area contributed by atoms with Crippen LogP contribution in [-0.2, 0) is 4.79 Å². The third-order valence-electron chi connectivity index (χ3n) is 3.40. The van der Waals surface area contributed by atoms with Gasteiger partial charge in [0.2, 0.25) is 17.0 Å². The van der Waals surface area contributed by atoms with Crippen LogP contribution >= 0.6 is 11.8 Å². The number of amides is 1. The van der Waals surface area contributed by atoms with Crippen LogP contribution in [0, 0.1) is 5.41 Å². The number of fused-ring (bicyclic) bond motifs is 2. The predicted molar refractivity (Wildman–Crippen MR) is 83.6 cm³/mol.